The minimum atomic E-state index is -4.42. The van der Waals surface area contributed by atoms with Gasteiger partial charge in [-0.15, -0.1) is 0 Å². The summed E-state index contributed by atoms with van der Waals surface area (Å²) in [6.45, 7) is 1.89. The number of ether oxygens (including phenoxy) is 1. The smallest absolute Gasteiger partial charge is 0.416 e. The van der Waals surface area contributed by atoms with Gasteiger partial charge in [0.2, 0.25) is 0 Å². The van der Waals surface area contributed by atoms with E-state index in [1.165, 1.54) is 12.1 Å². The molecule has 0 spiro atoms. The van der Waals surface area contributed by atoms with Crippen LogP contribution in [0.4, 0.5) is 13.2 Å². The van der Waals surface area contributed by atoms with Gasteiger partial charge >= 0.3 is 6.18 Å². The summed E-state index contributed by atoms with van der Waals surface area (Å²) < 4.78 is 44.1. The molecule has 1 N–H and O–H groups in total. The molecule has 0 unspecified atom stereocenters. The summed E-state index contributed by atoms with van der Waals surface area (Å²) in [6.07, 6.45) is -0.635. The highest BCUT2D eigenvalue weighted by atomic mass is 19.4. The Morgan fingerprint density at radius 3 is 2.45 bits per heavy atom. The number of nitrogens with one attached hydrogen (secondary N) is 1. The van der Waals surface area contributed by atoms with Crippen molar-refractivity contribution in [2.24, 2.45) is 0 Å². The number of fused-ring (bicyclic) bond motifs is 1. The van der Waals surface area contributed by atoms with Crippen molar-refractivity contribution in [3.8, 4) is 22.6 Å². The first-order valence-electron chi connectivity index (χ1n) is 9.53. The lowest BCUT2D eigenvalue weighted by molar-refractivity contribution is -0.137. The van der Waals surface area contributed by atoms with E-state index in [-0.39, 0.29) is 12.6 Å². The standard InChI is InChI=1S/C23H20F3NO2.H2/c1-14-21(22(28)19-7-2-3-8-20(19)27-14)15-9-11-17(12-10-15)29-18-6-4-5-16(13-18)23(24,25)26;/h4-6,9-13H,2-3,7-8H2,1H3,(H,27,28);1H. The van der Waals surface area contributed by atoms with Crippen LogP contribution >= 0.6 is 0 Å². The second kappa shape index (κ2) is 7.43. The number of rotatable bonds is 3. The average molecular weight is 401 g/mol. The van der Waals surface area contributed by atoms with Crippen LogP contribution in [0.15, 0.2) is 53.3 Å². The quantitative estimate of drug-likeness (QED) is 0.561. The van der Waals surface area contributed by atoms with Crippen molar-refractivity contribution in [3.63, 3.8) is 0 Å². The van der Waals surface area contributed by atoms with Crippen LogP contribution in [0.2, 0.25) is 0 Å². The monoisotopic (exact) mass is 401 g/mol. The van der Waals surface area contributed by atoms with Crippen LogP contribution in [-0.2, 0) is 19.0 Å². The number of hydrogen-bond acceptors (Lipinski definition) is 2. The molecule has 0 saturated carbocycles. The van der Waals surface area contributed by atoms with E-state index in [9.17, 15) is 18.0 Å². The van der Waals surface area contributed by atoms with E-state index in [2.05, 4.69) is 4.98 Å². The van der Waals surface area contributed by atoms with E-state index in [4.69, 9.17) is 4.74 Å². The van der Waals surface area contributed by atoms with Crippen molar-refractivity contribution in [3.05, 3.63) is 81.3 Å². The van der Waals surface area contributed by atoms with Crippen LogP contribution < -0.4 is 10.2 Å². The fraction of sp³-hybridized carbons (Fsp3) is 0.261. The minimum Gasteiger partial charge on any atom is -0.457 e. The van der Waals surface area contributed by atoms with Gasteiger partial charge in [0, 0.05) is 23.9 Å². The maximum Gasteiger partial charge on any atom is 0.416 e. The molecule has 29 heavy (non-hydrogen) atoms. The molecule has 0 bridgehead atoms. The molecule has 1 heterocycles. The summed E-state index contributed by atoms with van der Waals surface area (Å²) in [6, 6.07) is 11.6. The number of aryl methyl sites for hydroxylation is 2. The fourth-order valence-corrected chi connectivity index (χ4v) is 3.81. The van der Waals surface area contributed by atoms with Crippen LogP contribution in [0.1, 0.15) is 36.8 Å². The minimum absolute atomic E-state index is 0. The van der Waals surface area contributed by atoms with Crippen LogP contribution in [0.3, 0.4) is 0 Å². The Kier molecular flexibility index (Phi) is 4.94. The SMILES string of the molecule is Cc1[nH]c2c(c(=O)c1-c1ccc(Oc3cccc(C(F)(F)F)c3)cc1)CCCC2.[HH]. The summed E-state index contributed by atoms with van der Waals surface area (Å²) in [5.41, 5.74) is 3.41. The fourth-order valence-electron chi connectivity index (χ4n) is 3.81. The number of hydrogen-bond donors (Lipinski definition) is 1. The maximum absolute atomic E-state index is 13.0. The number of H-pyrrole nitrogens is 1. The molecule has 4 rings (SSSR count). The van der Waals surface area contributed by atoms with Gasteiger partial charge in [-0.3, -0.25) is 4.79 Å². The molecule has 2 aromatic carbocycles. The maximum atomic E-state index is 13.0. The second-order valence-corrected chi connectivity index (χ2v) is 7.27. The van der Waals surface area contributed by atoms with Crippen LogP contribution in [0.25, 0.3) is 11.1 Å². The molecule has 0 fully saturated rings. The molecule has 0 radical (unpaired) electrons. The molecule has 0 amide bonds. The van der Waals surface area contributed by atoms with Gasteiger partial charge in [0.25, 0.3) is 0 Å². The molecule has 1 aromatic heterocycles. The van der Waals surface area contributed by atoms with E-state index >= 15 is 0 Å². The van der Waals surface area contributed by atoms with Gasteiger partial charge < -0.3 is 9.72 Å². The van der Waals surface area contributed by atoms with Gasteiger partial charge in [-0.1, -0.05) is 18.2 Å². The average Bonchev–Trinajstić information content (AvgIpc) is 2.69. The van der Waals surface area contributed by atoms with E-state index in [1.807, 2.05) is 6.92 Å². The molecule has 0 saturated heterocycles. The van der Waals surface area contributed by atoms with Crippen molar-refractivity contribution >= 4 is 0 Å². The highest BCUT2D eigenvalue weighted by molar-refractivity contribution is 5.67. The number of halogens is 3. The number of benzene rings is 2. The largest absolute Gasteiger partial charge is 0.457 e. The van der Waals surface area contributed by atoms with Crippen molar-refractivity contribution < 1.29 is 19.3 Å². The first-order chi connectivity index (χ1) is 13.8. The lowest BCUT2D eigenvalue weighted by Gasteiger charge is -2.18. The molecule has 3 aromatic rings. The van der Waals surface area contributed by atoms with Crippen LogP contribution in [-0.4, -0.2) is 4.98 Å². The Bertz CT molecular complexity index is 1100. The summed E-state index contributed by atoms with van der Waals surface area (Å²) in [5.74, 6) is 0.510. The molecule has 1 aliphatic rings. The summed E-state index contributed by atoms with van der Waals surface area (Å²) >= 11 is 0. The highest BCUT2D eigenvalue weighted by Gasteiger charge is 2.30. The molecule has 152 valence electrons. The number of aromatic amines is 1. The van der Waals surface area contributed by atoms with Gasteiger partial charge in [-0.25, -0.2) is 0 Å². The normalized spacial score (nSPS) is 13.8. The number of aromatic nitrogens is 1. The van der Waals surface area contributed by atoms with Crippen LogP contribution in [0, 0.1) is 6.92 Å². The predicted octanol–water partition coefficient (Wildman–Crippen LogP) is 6.29. The molecule has 0 atom stereocenters. The zero-order valence-corrected chi connectivity index (χ0v) is 15.9. The Morgan fingerprint density at radius 2 is 1.72 bits per heavy atom. The second-order valence-electron chi connectivity index (χ2n) is 7.27. The van der Waals surface area contributed by atoms with Crippen molar-refractivity contribution in [1.82, 2.24) is 4.98 Å². The Morgan fingerprint density at radius 1 is 1.00 bits per heavy atom. The molecule has 6 heteroatoms. The predicted molar refractivity (Wildman–Crippen MR) is 108 cm³/mol. The van der Waals surface area contributed by atoms with E-state index in [0.717, 1.165) is 60.3 Å². The molecular weight excluding hydrogens is 379 g/mol. The van der Waals surface area contributed by atoms with E-state index < -0.39 is 11.7 Å². The number of pyridine rings is 1. The summed E-state index contributed by atoms with van der Waals surface area (Å²) in [4.78, 5) is 16.4. The highest BCUT2D eigenvalue weighted by Crippen LogP contribution is 2.33. The lowest BCUT2D eigenvalue weighted by Crippen LogP contribution is -2.21. The van der Waals surface area contributed by atoms with Gasteiger partial charge in [-0.2, -0.15) is 13.2 Å². The zero-order chi connectivity index (χ0) is 20.6. The molecule has 1 aliphatic carbocycles. The Balaban J connectivity index is 0.00000256. The van der Waals surface area contributed by atoms with Crippen molar-refractivity contribution in [2.45, 2.75) is 38.8 Å². The first-order valence-corrected chi connectivity index (χ1v) is 9.53. The molecular formula is C23H22F3NO2. The lowest BCUT2D eigenvalue weighted by atomic mass is 9.91. The van der Waals surface area contributed by atoms with E-state index in [1.54, 1.807) is 24.3 Å². The number of alkyl halides is 3. The summed E-state index contributed by atoms with van der Waals surface area (Å²) in [7, 11) is 0. The van der Waals surface area contributed by atoms with Crippen LogP contribution in [0.5, 0.6) is 11.5 Å². The molecule has 0 aliphatic heterocycles. The van der Waals surface area contributed by atoms with Crippen molar-refractivity contribution in [1.29, 1.82) is 0 Å². The van der Waals surface area contributed by atoms with Gasteiger partial charge in [0.15, 0.2) is 5.43 Å². The Hall–Kier alpha value is -3.02. The third kappa shape index (κ3) is 3.92. The Labute approximate surface area is 167 Å². The van der Waals surface area contributed by atoms with Gasteiger partial charge in [-0.05, 0) is 68.5 Å². The third-order valence-electron chi connectivity index (χ3n) is 5.22. The van der Waals surface area contributed by atoms with Gasteiger partial charge in [0.1, 0.15) is 11.5 Å². The zero-order valence-electron chi connectivity index (χ0n) is 15.9. The third-order valence-corrected chi connectivity index (χ3v) is 5.22. The summed E-state index contributed by atoms with van der Waals surface area (Å²) in [5, 5.41) is 0. The molecule has 3 nitrogen and oxygen atoms in total. The first kappa shape index (κ1) is 19.3. The van der Waals surface area contributed by atoms with Crippen molar-refractivity contribution in [2.75, 3.05) is 0 Å². The topological polar surface area (TPSA) is 42.1 Å². The van der Waals surface area contributed by atoms with Gasteiger partial charge in [0.05, 0.1) is 5.56 Å². The van der Waals surface area contributed by atoms with E-state index in [0.29, 0.717) is 11.3 Å².